The van der Waals surface area contributed by atoms with Gasteiger partial charge in [0, 0.05) is 30.9 Å². The van der Waals surface area contributed by atoms with E-state index in [0.717, 1.165) is 43.6 Å². The Hall–Kier alpha value is -2.95. The lowest BCUT2D eigenvalue weighted by Crippen LogP contribution is -2.29. The number of carbonyl (C=O) groups excluding carboxylic acids is 1. The molecule has 3 N–H and O–H groups in total. The van der Waals surface area contributed by atoms with E-state index in [4.69, 9.17) is 10.6 Å². The van der Waals surface area contributed by atoms with Crippen molar-refractivity contribution in [2.45, 2.75) is 43.5 Å². The summed E-state index contributed by atoms with van der Waals surface area (Å²) in [7, 11) is -3.56. The summed E-state index contributed by atoms with van der Waals surface area (Å²) < 4.78 is 27.0. The van der Waals surface area contributed by atoms with Gasteiger partial charge in [0.25, 0.3) is 5.91 Å². The maximum Gasteiger partial charge on any atom is 0.265 e. The largest absolute Gasteiger partial charge is 0.384 e. The van der Waals surface area contributed by atoms with E-state index >= 15 is 0 Å². The van der Waals surface area contributed by atoms with Gasteiger partial charge in [0.2, 0.25) is 10.0 Å². The molecule has 2 heterocycles. The van der Waals surface area contributed by atoms with Crippen LogP contribution in [0.25, 0.3) is 0 Å². The summed E-state index contributed by atoms with van der Waals surface area (Å²) in [4.78, 5) is 20.1. The second-order valence-corrected chi connectivity index (χ2v) is 10.9. The summed E-state index contributed by atoms with van der Waals surface area (Å²) in [6.07, 6.45) is 5.48. The van der Waals surface area contributed by atoms with Crippen LogP contribution in [-0.4, -0.2) is 62.2 Å². The van der Waals surface area contributed by atoms with Crippen molar-refractivity contribution >= 4 is 27.5 Å². The molecule has 9 nitrogen and oxygen atoms in total. The number of sulfonamides is 1. The van der Waals surface area contributed by atoms with Gasteiger partial charge in [-0.15, -0.1) is 0 Å². The number of rotatable bonds is 9. The second-order valence-electron chi connectivity index (χ2n) is 8.97. The molecular weight excluding hydrogens is 466 g/mol. The maximum absolute atomic E-state index is 12.7. The molecule has 0 atom stereocenters. The number of likely N-dealkylation sites (tertiary alicyclic amines) is 1. The molecular formula is C25H33N5O4S. The molecule has 2 aliphatic rings. The summed E-state index contributed by atoms with van der Waals surface area (Å²) in [5, 5.41) is 6.54. The SMILES string of the molecule is N/C(=N\OCC(=O)Nc1cccc(S(=O)(=O)N2CCCC2)c1)c1cccc(CN2CCCCC2)c1. The van der Waals surface area contributed by atoms with E-state index in [1.807, 2.05) is 18.2 Å². The number of carbonyl (C=O) groups is 1. The Morgan fingerprint density at radius 3 is 2.46 bits per heavy atom. The van der Waals surface area contributed by atoms with Gasteiger partial charge in [-0.1, -0.05) is 35.8 Å². The minimum absolute atomic E-state index is 0.157. The Morgan fingerprint density at radius 1 is 0.971 bits per heavy atom. The average Bonchev–Trinajstić information content (AvgIpc) is 3.41. The molecule has 0 bridgehead atoms. The molecule has 0 radical (unpaired) electrons. The highest BCUT2D eigenvalue weighted by atomic mass is 32.2. The third-order valence-electron chi connectivity index (χ3n) is 6.26. The van der Waals surface area contributed by atoms with E-state index < -0.39 is 15.9 Å². The minimum Gasteiger partial charge on any atom is -0.384 e. The lowest BCUT2D eigenvalue weighted by atomic mass is 10.1. The van der Waals surface area contributed by atoms with Crippen LogP contribution in [0.15, 0.2) is 58.6 Å². The number of hydrogen-bond acceptors (Lipinski definition) is 6. The fourth-order valence-corrected chi connectivity index (χ4v) is 5.99. The highest BCUT2D eigenvalue weighted by Crippen LogP contribution is 2.23. The number of amidine groups is 1. The van der Waals surface area contributed by atoms with E-state index in [0.29, 0.717) is 18.8 Å². The van der Waals surface area contributed by atoms with E-state index in [2.05, 4.69) is 21.4 Å². The monoisotopic (exact) mass is 499 g/mol. The Morgan fingerprint density at radius 2 is 1.69 bits per heavy atom. The van der Waals surface area contributed by atoms with Crippen molar-refractivity contribution in [3.05, 3.63) is 59.7 Å². The third-order valence-corrected chi connectivity index (χ3v) is 8.15. The molecule has 2 saturated heterocycles. The van der Waals surface area contributed by atoms with Crippen LogP contribution in [0.1, 0.15) is 43.2 Å². The number of nitrogens with two attached hydrogens (primary N) is 1. The quantitative estimate of drug-likeness (QED) is 0.311. The van der Waals surface area contributed by atoms with Gasteiger partial charge >= 0.3 is 0 Å². The van der Waals surface area contributed by atoms with Gasteiger partial charge in [0.15, 0.2) is 12.4 Å². The number of anilines is 1. The van der Waals surface area contributed by atoms with Gasteiger partial charge < -0.3 is 15.9 Å². The minimum atomic E-state index is -3.56. The number of amides is 1. The lowest BCUT2D eigenvalue weighted by Gasteiger charge is -2.26. The molecule has 2 aromatic rings. The zero-order valence-electron chi connectivity index (χ0n) is 19.9. The first-order chi connectivity index (χ1) is 16.9. The van der Waals surface area contributed by atoms with Crippen molar-refractivity contribution in [2.24, 2.45) is 10.9 Å². The Kier molecular flexibility index (Phi) is 8.37. The van der Waals surface area contributed by atoms with Crippen molar-refractivity contribution in [3.8, 4) is 0 Å². The molecule has 2 aliphatic heterocycles. The standard InChI is InChI=1S/C25H33N5O4S/c26-25(21-9-6-8-20(16-21)18-29-12-2-1-3-13-29)28-34-19-24(31)27-22-10-7-11-23(17-22)35(32,33)30-14-4-5-15-30/h6-11,16-17H,1-5,12-15,18-19H2,(H2,26,28)(H,27,31). The number of piperidine rings is 1. The highest BCUT2D eigenvalue weighted by molar-refractivity contribution is 7.89. The van der Waals surface area contributed by atoms with Gasteiger partial charge in [-0.2, -0.15) is 4.31 Å². The molecule has 10 heteroatoms. The first-order valence-corrected chi connectivity index (χ1v) is 13.5. The maximum atomic E-state index is 12.7. The first-order valence-electron chi connectivity index (χ1n) is 12.1. The van der Waals surface area contributed by atoms with E-state index in [1.54, 1.807) is 12.1 Å². The van der Waals surface area contributed by atoms with Crippen molar-refractivity contribution < 1.29 is 18.0 Å². The molecule has 0 saturated carbocycles. The molecule has 0 aliphatic carbocycles. The smallest absolute Gasteiger partial charge is 0.265 e. The van der Waals surface area contributed by atoms with Crippen molar-refractivity contribution in [1.29, 1.82) is 0 Å². The number of nitrogens with zero attached hydrogens (tertiary/aromatic N) is 3. The zero-order chi connectivity index (χ0) is 24.7. The van der Waals surface area contributed by atoms with Crippen LogP contribution in [0.2, 0.25) is 0 Å². The van der Waals surface area contributed by atoms with Gasteiger partial charge in [-0.25, -0.2) is 8.42 Å². The van der Waals surface area contributed by atoms with Crippen LogP contribution in [0.4, 0.5) is 5.69 Å². The second kappa shape index (κ2) is 11.7. The number of benzene rings is 2. The fourth-order valence-electron chi connectivity index (χ4n) is 4.43. The average molecular weight is 500 g/mol. The van der Waals surface area contributed by atoms with Crippen molar-refractivity contribution in [1.82, 2.24) is 9.21 Å². The molecule has 0 unspecified atom stereocenters. The van der Waals surface area contributed by atoms with Crippen molar-refractivity contribution in [2.75, 3.05) is 38.1 Å². The number of hydrogen-bond donors (Lipinski definition) is 2. The van der Waals surface area contributed by atoms with Gasteiger partial charge in [0.1, 0.15) is 0 Å². The fraction of sp³-hybridized carbons (Fsp3) is 0.440. The first kappa shape index (κ1) is 25.2. The van der Waals surface area contributed by atoms with Crippen LogP contribution in [0.3, 0.4) is 0 Å². The predicted octanol–water partition coefficient (Wildman–Crippen LogP) is 2.73. The highest BCUT2D eigenvalue weighted by Gasteiger charge is 2.27. The molecule has 0 aromatic heterocycles. The van der Waals surface area contributed by atoms with Gasteiger partial charge in [-0.3, -0.25) is 9.69 Å². The van der Waals surface area contributed by atoms with E-state index in [1.165, 1.54) is 35.7 Å². The summed E-state index contributed by atoms with van der Waals surface area (Å²) in [5.41, 5.74) is 8.34. The summed E-state index contributed by atoms with van der Waals surface area (Å²) in [6, 6.07) is 14.1. The van der Waals surface area contributed by atoms with Gasteiger partial charge in [0.05, 0.1) is 4.90 Å². The van der Waals surface area contributed by atoms with Crippen molar-refractivity contribution in [3.63, 3.8) is 0 Å². The normalized spacial score (nSPS) is 17.9. The number of nitrogens with one attached hydrogen (secondary N) is 1. The summed E-state index contributed by atoms with van der Waals surface area (Å²) in [5.74, 6) is -0.270. The summed E-state index contributed by atoms with van der Waals surface area (Å²) >= 11 is 0. The van der Waals surface area contributed by atoms with Crippen LogP contribution in [0, 0.1) is 0 Å². The lowest BCUT2D eigenvalue weighted by molar-refractivity contribution is -0.120. The number of oxime groups is 1. The topological polar surface area (TPSA) is 117 Å². The van der Waals surface area contributed by atoms with Crippen LogP contribution in [-0.2, 0) is 26.2 Å². The molecule has 1 amide bonds. The van der Waals surface area contributed by atoms with Crippen LogP contribution >= 0.6 is 0 Å². The van der Waals surface area contributed by atoms with Crippen LogP contribution in [0.5, 0.6) is 0 Å². The third kappa shape index (κ3) is 6.81. The molecule has 2 aromatic carbocycles. The Bertz CT molecular complexity index is 1160. The molecule has 188 valence electrons. The van der Waals surface area contributed by atoms with Gasteiger partial charge in [-0.05, 0) is 68.6 Å². The van der Waals surface area contributed by atoms with E-state index in [-0.39, 0.29) is 17.3 Å². The molecule has 2 fully saturated rings. The Labute approximate surface area is 207 Å². The van der Waals surface area contributed by atoms with Crippen LogP contribution < -0.4 is 11.1 Å². The predicted molar refractivity (Wildman–Crippen MR) is 135 cm³/mol. The Balaban J connectivity index is 1.30. The molecule has 35 heavy (non-hydrogen) atoms. The summed E-state index contributed by atoms with van der Waals surface area (Å²) in [6.45, 7) is 3.78. The molecule has 0 spiro atoms. The molecule has 4 rings (SSSR count). The zero-order valence-corrected chi connectivity index (χ0v) is 20.7. The van der Waals surface area contributed by atoms with E-state index in [9.17, 15) is 13.2 Å².